The predicted molar refractivity (Wildman–Crippen MR) is 85.5 cm³/mol. The van der Waals surface area contributed by atoms with Crippen LogP contribution in [0.1, 0.15) is 11.5 Å². The SMILES string of the molecule is Cc1oc(-c2ccc3ccccc3c2)nc1Cn1ccnc1. The molecule has 0 aliphatic rings. The number of benzene rings is 2. The molecule has 108 valence electrons. The maximum Gasteiger partial charge on any atom is 0.226 e. The molecule has 4 aromatic rings. The number of rotatable bonds is 3. The predicted octanol–water partition coefficient (Wildman–Crippen LogP) is 4.05. The molecule has 0 atom stereocenters. The molecule has 4 heteroatoms. The van der Waals surface area contributed by atoms with Crippen molar-refractivity contribution in [2.24, 2.45) is 0 Å². The third kappa shape index (κ3) is 2.29. The zero-order chi connectivity index (χ0) is 14.9. The van der Waals surface area contributed by atoms with E-state index in [0.717, 1.165) is 17.0 Å². The number of aromatic nitrogens is 3. The number of fused-ring (bicyclic) bond motifs is 1. The minimum absolute atomic E-state index is 0.665. The molecule has 0 spiro atoms. The van der Waals surface area contributed by atoms with Gasteiger partial charge in [0, 0.05) is 18.0 Å². The molecule has 0 radical (unpaired) electrons. The summed E-state index contributed by atoms with van der Waals surface area (Å²) in [6, 6.07) is 14.5. The van der Waals surface area contributed by atoms with Gasteiger partial charge in [-0.05, 0) is 29.8 Å². The second-order valence-electron chi connectivity index (χ2n) is 5.32. The Morgan fingerprint density at radius 3 is 2.77 bits per heavy atom. The molecule has 0 N–H and O–H groups in total. The van der Waals surface area contributed by atoms with E-state index >= 15 is 0 Å². The van der Waals surface area contributed by atoms with Crippen molar-refractivity contribution >= 4 is 10.8 Å². The van der Waals surface area contributed by atoms with Gasteiger partial charge in [-0.25, -0.2) is 9.97 Å². The van der Waals surface area contributed by atoms with Crippen molar-refractivity contribution in [3.05, 3.63) is 72.6 Å². The number of imidazole rings is 1. The fraction of sp³-hybridized carbons (Fsp3) is 0.111. The van der Waals surface area contributed by atoms with E-state index in [1.165, 1.54) is 10.8 Å². The molecule has 4 nitrogen and oxygen atoms in total. The van der Waals surface area contributed by atoms with Gasteiger partial charge in [0.2, 0.25) is 5.89 Å². The highest BCUT2D eigenvalue weighted by molar-refractivity contribution is 5.86. The Morgan fingerprint density at radius 2 is 1.95 bits per heavy atom. The molecule has 0 unspecified atom stereocenters. The smallest absolute Gasteiger partial charge is 0.226 e. The van der Waals surface area contributed by atoms with Crippen LogP contribution in [0.2, 0.25) is 0 Å². The first-order valence-electron chi connectivity index (χ1n) is 7.21. The van der Waals surface area contributed by atoms with Crippen LogP contribution in [0.5, 0.6) is 0 Å². The largest absolute Gasteiger partial charge is 0.441 e. The lowest BCUT2D eigenvalue weighted by atomic mass is 10.1. The van der Waals surface area contributed by atoms with Gasteiger partial charge in [0.05, 0.1) is 12.9 Å². The second kappa shape index (κ2) is 5.15. The fourth-order valence-electron chi connectivity index (χ4n) is 2.57. The number of aryl methyl sites for hydroxylation is 1. The van der Waals surface area contributed by atoms with E-state index < -0.39 is 0 Å². The monoisotopic (exact) mass is 289 g/mol. The molecular formula is C18H15N3O. The molecular weight excluding hydrogens is 274 g/mol. The van der Waals surface area contributed by atoms with Crippen LogP contribution in [-0.4, -0.2) is 14.5 Å². The summed E-state index contributed by atoms with van der Waals surface area (Å²) in [5, 5.41) is 2.40. The lowest BCUT2D eigenvalue weighted by Gasteiger charge is -2.00. The molecule has 0 saturated heterocycles. The third-order valence-electron chi connectivity index (χ3n) is 3.78. The number of hydrogen-bond acceptors (Lipinski definition) is 3. The van der Waals surface area contributed by atoms with E-state index in [1.54, 1.807) is 12.5 Å². The van der Waals surface area contributed by atoms with Gasteiger partial charge in [0.25, 0.3) is 0 Å². The topological polar surface area (TPSA) is 43.9 Å². The first kappa shape index (κ1) is 12.8. The number of hydrogen-bond donors (Lipinski definition) is 0. The third-order valence-corrected chi connectivity index (χ3v) is 3.78. The van der Waals surface area contributed by atoms with Crippen LogP contribution >= 0.6 is 0 Å². The van der Waals surface area contributed by atoms with Gasteiger partial charge in [-0.15, -0.1) is 0 Å². The summed E-state index contributed by atoms with van der Waals surface area (Å²) < 4.78 is 7.83. The normalized spacial score (nSPS) is 11.1. The molecule has 2 heterocycles. The van der Waals surface area contributed by atoms with Gasteiger partial charge in [0.1, 0.15) is 11.5 Å². The van der Waals surface area contributed by atoms with Crippen molar-refractivity contribution in [1.82, 2.24) is 14.5 Å². The maximum atomic E-state index is 5.85. The molecule has 2 aromatic heterocycles. The Hall–Kier alpha value is -2.88. The molecule has 4 rings (SSSR count). The zero-order valence-electron chi connectivity index (χ0n) is 12.2. The van der Waals surface area contributed by atoms with Crippen molar-refractivity contribution < 1.29 is 4.42 Å². The quantitative estimate of drug-likeness (QED) is 0.571. The summed E-state index contributed by atoms with van der Waals surface area (Å²) in [6.07, 6.45) is 5.47. The van der Waals surface area contributed by atoms with E-state index in [0.29, 0.717) is 12.4 Å². The second-order valence-corrected chi connectivity index (χ2v) is 5.32. The Kier molecular flexibility index (Phi) is 3.00. The van der Waals surface area contributed by atoms with Crippen LogP contribution in [0.15, 0.2) is 65.6 Å². The van der Waals surface area contributed by atoms with Crippen molar-refractivity contribution in [3.8, 4) is 11.5 Å². The molecule has 0 amide bonds. The van der Waals surface area contributed by atoms with Crippen LogP contribution in [0.25, 0.3) is 22.2 Å². The standard InChI is InChI=1S/C18H15N3O/c1-13-17(11-21-9-8-19-12-21)20-18(22-13)16-7-6-14-4-2-3-5-15(14)10-16/h2-10,12H,11H2,1H3. The lowest BCUT2D eigenvalue weighted by Crippen LogP contribution is -1.98. The van der Waals surface area contributed by atoms with Gasteiger partial charge < -0.3 is 8.98 Å². The summed E-state index contributed by atoms with van der Waals surface area (Å²) >= 11 is 0. The summed E-state index contributed by atoms with van der Waals surface area (Å²) in [7, 11) is 0. The number of nitrogens with zero attached hydrogens (tertiary/aromatic N) is 3. The average Bonchev–Trinajstić information content (AvgIpc) is 3.18. The highest BCUT2D eigenvalue weighted by atomic mass is 16.4. The van der Waals surface area contributed by atoms with Gasteiger partial charge in [-0.2, -0.15) is 0 Å². The molecule has 0 bridgehead atoms. The van der Waals surface area contributed by atoms with Gasteiger partial charge in [0.15, 0.2) is 0 Å². The molecule has 2 aromatic carbocycles. The van der Waals surface area contributed by atoms with Gasteiger partial charge in [-0.3, -0.25) is 0 Å². The van der Waals surface area contributed by atoms with Crippen molar-refractivity contribution in [3.63, 3.8) is 0 Å². The Labute approximate surface area is 128 Å². The number of oxazole rings is 1. The first-order chi connectivity index (χ1) is 10.8. The maximum absolute atomic E-state index is 5.85. The fourth-order valence-corrected chi connectivity index (χ4v) is 2.57. The molecule has 0 fully saturated rings. The summed E-state index contributed by atoms with van der Waals surface area (Å²) in [5.41, 5.74) is 1.93. The first-order valence-corrected chi connectivity index (χ1v) is 7.21. The van der Waals surface area contributed by atoms with E-state index in [9.17, 15) is 0 Å². The van der Waals surface area contributed by atoms with Crippen LogP contribution in [0.4, 0.5) is 0 Å². The Morgan fingerprint density at radius 1 is 1.09 bits per heavy atom. The summed E-state index contributed by atoms with van der Waals surface area (Å²) in [4.78, 5) is 8.70. The highest BCUT2D eigenvalue weighted by Gasteiger charge is 2.12. The van der Waals surface area contributed by atoms with Gasteiger partial charge in [-0.1, -0.05) is 30.3 Å². The average molecular weight is 289 g/mol. The van der Waals surface area contributed by atoms with Crippen LogP contribution in [-0.2, 0) is 6.54 Å². The van der Waals surface area contributed by atoms with Gasteiger partial charge >= 0.3 is 0 Å². The van der Waals surface area contributed by atoms with E-state index in [1.807, 2.05) is 29.8 Å². The lowest BCUT2D eigenvalue weighted by molar-refractivity contribution is 0.538. The zero-order valence-corrected chi connectivity index (χ0v) is 12.2. The van der Waals surface area contributed by atoms with Crippen molar-refractivity contribution in [2.75, 3.05) is 0 Å². The minimum atomic E-state index is 0.665. The Balaban J connectivity index is 1.72. The highest BCUT2D eigenvalue weighted by Crippen LogP contribution is 2.26. The Bertz CT molecular complexity index is 923. The van der Waals surface area contributed by atoms with Crippen LogP contribution < -0.4 is 0 Å². The summed E-state index contributed by atoms with van der Waals surface area (Å²) in [5.74, 6) is 1.51. The minimum Gasteiger partial charge on any atom is -0.441 e. The van der Waals surface area contributed by atoms with Crippen LogP contribution in [0, 0.1) is 6.92 Å². The van der Waals surface area contributed by atoms with Crippen molar-refractivity contribution in [1.29, 1.82) is 0 Å². The molecule has 0 saturated carbocycles. The van der Waals surface area contributed by atoms with Crippen LogP contribution in [0.3, 0.4) is 0 Å². The summed E-state index contributed by atoms with van der Waals surface area (Å²) in [6.45, 7) is 2.62. The van der Waals surface area contributed by atoms with E-state index in [4.69, 9.17) is 4.42 Å². The molecule has 0 aliphatic heterocycles. The molecule has 0 aliphatic carbocycles. The van der Waals surface area contributed by atoms with E-state index in [-0.39, 0.29) is 0 Å². The van der Waals surface area contributed by atoms with E-state index in [2.05, 4.69) is 40.3 Å². The van der Waals surface area contributed by atoms with Crippen molar-refractivity contribution in [2.45, 2.75) is 13.5 Å². The molecule has 22 heavy (non-hydrogen) atoms.